The van der Waals surface area contributed by atoms with Gasteiger partial charge in [-0.25, -0.2) is 9.37 Å². The first kappa shape index (κ1) is 14.1. The van der Waals surface area contributed by atoms with Crippen LogP contribution in [0.4, 0.5) is 15.9 Å². The molecule has 0 radical (unpaired) electrons. The van der Waals surface area contributed by atoms with E-state index in [9.17, 15) is 19.3 Å². The third kappa shape index (κ3) is 3.36. The highest BCUT2D eigenvalue weighted by Gasteiger charge is 2.15. The molecular formula is C13H7FN4O3. The number of nitrogens with zero attached hydrogens (tertiary/aromatic N) is 3. The topological polar surface area (TPSA) is 109 Å². The number of nitro benzene ring substituents is 1. The highest BCUT2D eigenvalue weighted by Crippen LogP contribution is 2.17. The number of anilines is 1. The van der Waals surface area contributed by atoms with Crippen molar-refractivity contribution in [1.29, 1.82) is 5.26 Å². The van der Waals surface area contributed by atoms with Crippen LogP contribution in [0.25, 0.3) is 0 Å². The van der Waals surface area contributed by atoms with E-state index in [1.165, 1.54) is 18.3 Å². The van der Waals surface area contributed by atoms with Crippen molar-refractivity contribution >= 4 is 17.4 Å². The second-order valence-corrected chi connectivity index (χ2v) is 3.95. The number of nitriles is 1. The SMILES string of the molecule is N#Cc1ccc(NC(=O)c2cc(F)cc([N+](=O)[O-])c2)nc1. The first-order chi connectivity index (χ1) is 9.99. The van der Waals surface area contributed by atoms with Crippen LogP contribution in [0.15, 0.2) is 36.5 Å². The predicted molar refractivity (Wildman–Crippen MR) is 70.0 cm³/mol. The molecule has 7 nitrogen and oxygen atoms in total. The number of nitro groups is 1. The Morgan fingerprint density at radius 3 is 2.71 bits per heavy atom. The minimum Gasteiger partial charge on any atom is -0.307 e. The average Bonchev–Trinajstić information content (AvgIpc) is 2.47. The molecule has 0 unspecified atom stereocenters. The Balaban J connectivity index is 2.23. The van der Waals surface area contributed by atoms with Crippen LogP contribution in [0.2, 0.25) is 0 Å². The first-order valence-electron chi connectivity index (χ1n) is 5.62. The normalized spacial score (nSPS) is 9.71. The van der Waals surface area contributed by atoms with Crippen LogP contribution in [0.5, 0.6) is 0 Å². The molecule has 2 rings (SSSR count). The maximum Gasteiger partial charge on any atom is 0.273 e. The molecule has 1 heterocycles. The molecule has 0 bridgehead atoms. The minimum absolute atomic E-state index is 0.144. The van der Waals surface area contributed by atoms with Crippen molar-refractivity contribution in [2.45, 2.75) is 0 Å². The van der Waals surface area contributed by atoms with E-state index in [4.69, 9.17) is 5.26 Å². The molecule has 0 saturated heterocycles. The molecule has 1 aromatic heterocycles. The molecule has 0 aliphatic rings. The Labute approximate surface area is 117 Å². The fourth-order valence-corrected chi connectivity index (χ4v) is 1.53. The van der Waals surface area contributed by atoms with E-state index >= 15 is 0 Å². The van der Waals surface area contributed by atoms with Crippen molar-refractivity contribution in [3.8, 4) is 6.07 Å². The van der Waals surface area contributed by atoms with Gasteiger partial charge in [0.1, 0.15) is 17.7 Å². The van der Waals surface area contributed by atoms with Gasteiger partial charge in [0, 0.05) is 17.8 Å². The third-order valence-corrected chi connectivity index (χ3v) is 2.49. The number of amides is 1. The Morgan fingerprint density at radius 2 is 2.14 bits per heavy atom. The van der Waals surface area contributed by atoms with Crippen LogP contribution in [-0.2, 0) is 0 Å². The standard InChI is InChI=1S/C13H7FN4O3/c14-10-3-9(4-11(5-10)18(20)21)13(19)17-12-2-1-8(6-15)7-16-12/h1-5,7H,(H,16,17,19). The molecule has 0 aliphatic heterocycles. The summed E-state index contributed by atoms with van der Waals surface area (Å²) in [5.74, 6) is -1.48. The molecule has 21 heavy (non-hydrogen) atoms. The van der Waals surface area contributed by atoms with Crippen LogP contribution >= 0.6 is 0 Å². The highest BCUT2D eigenvalue weighted by molar-refractivity contribution is 6.04. The van der Waals surface area contributed by atoms with Crippen molar-refractivity contribution in [2.75, 3.05) is 5.32 Å². The van der Waals surface area contributed by atoms with Crippen molar-refractivity contribution in [1.82, 2.24) is 4.98 Å². The van der Waals surface area contributed by atoms with Gasteiger partial charge in [0.25, 0.3) is 11.6 Å². The van der Waals surface area contributed by atoms with Gasteiger partial charge in [-0.1, -0.05) is 0 Å². The van der Waals surface area contributed by atoms with Crippen LogP contribution in [0, 0.1) is 27.3 Å². The predicted octanol–water partition coefficient (Wildman–Crippen LogP) is 2.25. The van der Waals surface area contributed by atoms with E-state index in [1.54, 1.807) is 0 Å². The van der Waals surface area contributed by atoms with Gasteiger partial charge < -0.3 is 5.32 Å². The largest absolute Gasteiger partial charge is 0.307 e. The lowest BCUT2D eigenvalue weighted by Crippen LogP contribution is -2.13. The molecule has 1 aromatic carbocycles. The number of non-ortho nitro benzene ring substituents is 1. The van der Waals surface area contributed by atoms with Gasteiger partial charge in [0.05, 0.1) is 16.6 Å². The van der Waals surface area contributed by atoms with Gasteiger partial charge in [-0.05, 0) is 18.2 Å². The summed E-state index contributed by atoms with van der Waals surface area (Å²) >= 11 is 0. The van der Waals surface area contributed by atoms with Crippen molar-refractivity contribution in [2.24, 2.45) is 0 Å². The quantitative estimate of drug-likeness (QED) is 0.687. The molecule has 0 fully saturated rings. The van der Waals surface area contributed by atoms with E-state index in [-0.39, 0.29) is 11.4 Å². The zero-order valence-corrected chi connectivity index (χ0v) is 10.4. The van der Waals surface area contributed by atoms with E-state index < -0.39 is 22.3 Å². The van der Waals surface area contributed by atoms with Crippen molar-refractivity contribution in [3.05, 3.63) is 63.6 Å². The molecule has 0 spiro atoms. The van der Waals surface area contributed by atoms with Crippen LogP contribution < -0.4 is 5.32 Å². The number of halogens is 1. The lowest BCUT2D eigenvalue weighted by atomic mass is 10.2. The number of hydrogen-bond acceptors (Lipinski definition) is 5. The zero-order chi connectivity index (χ0) is 15.4. The third-order valence-electron chi connectivity index (χ3n) is 2.49. The highest BCUT2D eigenvalue weighted by atomic mass is 19.1. The Kier molecular flexibility index (Phi) is 3.85. The smallest absolute Gasteiger partial charge is 0.273 e. The average molecular weight is 286 g/mol. The van der Waals surface area contributed by atoms with Gasteiger partial charge in [-0.15, -0.1) is 0 Å². The molecule has 0 aliphatic carbocycles. The maximum absolute atomic E-state index is 13.2. The fraction of sp³-hybridized carbons (Fsp3) is 0. The van der Waals surface area contributed by atoms with E-state index in [2.05, 4.69) is 10.3 Å². The molecule has 8 heteroatoms. The molecule has 0 atom stereocenters. The maximum atomic E-state index is 13.2. The fourth-order valence-electron chi connectivity index (χ4n) is 1.53. The van der Waals surface area contributed by atoms with E-state index in [0.29, 0.717) is 5.56 Å². The summed E-state index contributed by atoms with van der Waals surface area (Å²) in [7, 11) is 0. The number of pyridine rings is 1. The summed E-state index contributed by atoms with van der Waals surface area (Å²) in [5.41, 5.74) is -0.407. The lowest BCUT2D eigenvalue weighted by Gasteiger charge is -2.04. The lowest BCUT2D eigenvalue weighted by molar-refractivity contribution is -0.385. The van der Waals surface area contributed by atoms with Gasteiger partial charge in [0.2, 0.25) is 0 Å². The summed E-state index contributed by atoms with van der Waals surface area (Å²) < 4.78 is 13.2. The molecule has 104 valence electrons. The number of rotatable bonds is 3. The summed E-state index contributed by atoms with van der Waals surface area (Å²) in [5, 5.41) is 21.6. The number of hydrogen-bond donors (Lipinski definition) is 1. The first-order valence-corrected chi connectivity index (χ1v) is 5.62. The molecule has 1 amide bonds. The number of benzene rings is 1. The monoisotopic (exact) mass is 286 g/mol. The van der Waals surface area contributed by atoms with Crippen LogP contribution in [0.1, 0.15) is 15.9 Å². The number of nitrogens with one attached hydrogen (secondary N) is 1. The van der Waals surface area contributed by atoms with Gasteiger partial charge in [-0.2, -0.15) is 5.26 Å². The van der Waals surface area contributed by atoms with E-state index in [1.807, 2.05) is 6.07 Å². The Hall–Kier alpha value is -3.34. The zero-order valence-electron chi connectivity index (χ0n) is 10.4. The Bertz CT molecular complexity index is 753. The van der Waals surface area contributed by atoms with Crippen LogP contribution in [-0.4, -0.2) is 15.8 Å². The van der Waals surface area contributed by atoms with E-state index in [0.717, 1.165) is 18.2 Å². The molecule has 1 N–H and O–H groups in total. The second-order valence-electron chi connectivity index (χ2n) is 3.95. The molecular weight excluding hydrogens is 279 g/mol. The van der Waals surface area contributed by atoms with Crippen molar-refractivity contribution in [3.63, 3.8) is 0 Å². The van der Waals surface area contributed by atoms with Crippen molar-refractivity contribution < 1.29 is 14.1 Å². The summed E-state index contributed by atoms with van der Waals surface area (Å²) in [6.45, 7) is 0. The summed E-state index contributed by atoms with van der Waals surface area (Å²) in [6.07, 6.45) is 1.25. The van der Waals surface area contributed by atoms with Gasteiger partial charge >= 0.3 is 0 Å². The summed E-state index contributed by atoms with van der Waals surface area (Å²) in [6, 6.07) is 7.26. The Morgan fingerprint density at radius 1 is 1.38 bits per heavy atom. The number of carbonyl (C=O) groups excluding carboxylic acids is 1. The number of carbonyl (C=O) groups is 1. The second kappa shape index (κ2) is 5.75. The van der Waals surface area contributed by atoms with Crippen LogP contribution in [0.3, 0.4) is 0 Å². The summed E-state index contributed by atoms with van der Waals surface area (Å²) in [4.78, 5) is 25.5. The van der Waals surface area contributed by atoms with Gasteiger partial charge in [0.15, 0.2) is 0 Å². The molecule has 0 saturated carbocycles. The van der Waals surface area contributed by atoms with Gasteiger partial charge in [-0.3, -0.25) is 14.9 Å². The molecule has 2 aromatic rings. The minimum atomic E-state index is -0.887. The number of aromatic nitrogens is 1.